The molecule has 21 heavy (non-hydrogen) atoms. The van der Waals surface area contributed by atoms with Crippen LogP contribution < -0.4 is 0 Å². The van der Waals surface area contributed by atoms with Gasteiger partial charge in [-0.05, 0) is 21.5 Å². The normalized spacial score (nSPS) is 10.9. The lowest BCUT2D eigenvalue weighted by molar-refractivity contribution is 0.572. The molecule has 1 nitrogen and oxygen atoms in total. The third-order valence-electron chi connectivity index (χ3n) is 3.82. The molecule has 0 aliphatic rings. The van der Waals surface area contributed by atoms with E-state index in [-0.39, 0.29) is 0 Å². The zero-order valence-corrected chi connectivity index (χ0v) is 11.5. The van der Waals surface area contributed by atoms with Gasteiger partial charge in [0, 0.05) is 10.8 Å². The zero-order valence-electron chi connectivity index (χ0n) is 11.5. The van der Waals surface area contributed by atoms with Crippen LogP contribution in [-0.2, 0) is 0 Å². The lowest BCUT2D eigenvalue weighted by atomic mass is 10.0. The highest BCUT2D eigenvalue weighted by Gasteiger charge is 1.96. The Morgan fingerprint density at radius 1 is 0.429 bits per heavy atom. The molecule has 3 aromatic carbocycles. The second kappa shape index (κ2) is 4.95. The molecule has 0 aliphatic heterocycles. The Labute approximate surface area is 122 Å². The van der Waals surface area contributed by atoms with Crippen LogP contribution in [0.15, 0.2) is 89.7 Å². The first kappa shape index (κ1) is 12.0. The SMILES string of the molecule is c1ccc2c(c1)ccc1cocc1ccc1ccccc12. The molecule has 0 spiro atoms. The van der Waals surface area contributed by atoms with Crippen molar-refractivity contribution >= 4 is 32.3 Å². The van der Waals surface area contributed by atoms with Gasteiger partial charge < -0.3 is 4.42 Å². The molecule has 0 bridgehead atoms. The van der Waals surface area contributed by atoms with Gasteiger partial charge in [0.05, 0.1) is 12.5 Å². The molecule has 0 unspecified atom stereocenters. The van der Waals surface area contributed by atoms with E-state index in [1.54, 1.807) is 12.5 Å². The van der Waals surface area contributed by atoms with Crippen LogP contribution in [0.5, 0.6) is 0 Å². The summed E-state index contributed by atoms with van der Waals surface area (Å²) in [5, 5.41) is 7.13. The average Bonchev–Trinajstić information content (AvgIpc) is 2.99. The average molecular weight is 270 g/mol. The maximum Gasteiger partial charge on any atom is 0.0981 e. The number of hydrogen-bond acceptors (Lipinski definition) is 1. The van der Waals surface area contributed by atoms with Crippen LogP contribution in [0.25, 0.3) is 32.3 Å². The van der Waals surface area contributed by atoms with Crippen molar-refractivity contribution in [2.45, 2.75) is 0 Å². The van der Waals surface area contributed by atoms with E-state index in [9.17, 15) is 0 Å². The van der Waals surface area contributed by atoms with Gasteiger partial charge in [-0.15, -0.1) is 0 Å². The first-order chi connectivity index (χ1) is 10.4. The van der Waals surface area contributed by atoms with Crippen molar-refractivity contribution in [3.05, 3.63) is 85.3 Å². The van der Waals surface area contributed by atoms with Crippen LogP contribution in [0.3, 0.4) is 0 Å². The molecule has 0 aliphatic carbocycles. The summed E-state index contributed by atoms with van der Waals surface area (Å²) in [4.78, 5) is 0. The first-order valence-electron chi connectivity index (χ1n) is 7.02. The van der Waals surface area contributed by atoms with Crippen molar-refractivity contribution in [3.8, 4) is 0 Å². The standard InChI is InChI=1S/C20H14O/c1-3-7-19-15(5-1)9-11-17-13-21-14-18(17)12-10-16-6-2-4-8-20(16)19/h1-14H. The smallest absolute Gasteiger partial charge is 0.0981 e. The fourth-order valence-electron chi connectivity index (χ4n) is 2.72. The third-order valence-corrected chi connectivity index (χ3v) is 3.82. The summed E-state index contributed by atoms with van der Waals surface area (Å²) >= 11 is 0. The van der Waals surface area contributed by atoms with Crippen LogP contribution in [0.4, 0.5) is 0 Å². The Hall–Kier alpha value is -2.80. The van der Waals surface area contributed by atoms with Crippen molar-refractivity contribution in [2.75, 3.05) is 0 Å². The molecule has 0 atom stereocenters. The lowest BCUT2D eigenvalue weighted by Gasteiger charge is -1.99. The van der Waals surface area contributed by atoms with Crippen molar-refractivity contribution < 1.29 is 4.42 Å². The van der Waals surface area contributed by atoms with Crippen LogP contribution in [0, 0.1) is 0 Å². The Morgan fingerprint density at radius 2 is 0.857 bits per heavy atom. The van der Waals surface area contributed by atoms with E-state index in [1.165, 1.54) is 21.5 Å². The molecule has 0 amide bonds. The predicted octanol–water partition coefficient (Wildman–Crippen LogP) is 5.86. The van der Waals surface area contributed by atoms with Gasteiger partial charge >= 0.3 is 0 Å². The van der Waals surface area contributed by atoms with Gasteiger partial charge in [-0.3, -0.25) is 0 Å². The quantitative estimate of drug-likeness (QED) is 0.390. The third kappa shape index (κ3) is 2.13. The molecule has 0 saturated heterocycles. The second-order valence-electron chi connectivity index (χ2n) is 5.12. The summed E-state index contributed by atoms with van der Waals surface area (Å²) in [5.74, 6) is 0. The Morgan fingerprint density at radius 3 is 1.38 bits per heavy atom. The van der Waals surface area contributed by atoms with Gasteiger partial charge in [0.1, 0.15) is 0 Å². The van der Waals surface area contributed by atoms with E-state index in [4.69, 9.17) is 4.42 Å². The Balaban J connectivity index is 2.30. The fourth-order valence-corrected chi connectivity index (χ4v) is 2.72. The molecular formula is C20H14O. The minimum Gasteiger partial charge on any atom is -0.471 e. The topological polar surface area (TPSA) is 13.1 Å². The molecule has 1 heteroatoms. The van der Waals surface area contributed by atoms with Crippen molar-refractivity contribution in [3.63, 3.8) is 0 Å². The zero-order chi connectivity index (χ0) is 14.1. The Bertz CT molecular complexity index is 914. The summed E-state index contributed by atoms with van der Waals surface area (Å²) < 4.78 is 5.33. The molecule has 4 aromatic rings. The molecule has 0 N–H and O–H groups in total. The highest BCUT2D eigenvalue weighted by molar-refractivity contribution is 6.05. The maximum atomic E-state index is 5.33. The summed E-state index contributed by atoms with van der Waals surface area (Å²) in [6.07, 6.45) is 3.57. The fraction of sp³-hybridized carbons (Fsp3) is 0. The number of furan rings is 1. The van der Waals surface area contributed by atoms with Gasteiger partial charge in [0.2, 0.25) is 0 Å². The van der Waals surface area contributed by atoms with Gasteiger partial charge in [-0.1, -0.05) is 72.8 Å². The van der Waals surface area contributed by atoms with Crippen molar-refractivity contribution in [2.24, 2.45) is 0 Å². The van der Waals surface area contributed by atoms with E-state index >= 15 is 0 Å². The largest absolute Gasteiger partial charge is 0.471 e. The van der Waals surface area contributed by atoms with E-state index in [0.29, 0.717) is 0 Å². The van der Waals surface area contributed by atoms with E-state index in [1.807, 2.05) is 0 Å². The lowest BCUT2D eigenvalue weighted by Crippen LogP contribution is -1.73. The molecule has 0 saturated carbocycles. The maximum absolute atomic E-state index is 5.33. The van der Waals surface area contributed by atoms with Crippen molar-refractivity contribution in [1.82, 2.24) is 0 Å². The highest BCUT2D eigenvalue weighted by atomic mass is 16.3. The van der Waals surface area contributed by atoms with Crippen LogP contribution >= 0.6 is 0 Å². The van der Waals surface area contributed by atoms with Crippen LogP contribution in [0.1, 0.15) is 0 Å². The molecule has 100 valence electrons. The highest BCUT2D eigenvalue weighted by Crippen LogP contribution is 2.23. The molecular weight excluding hydrogens is 256 g/mol. The van der Waals surface area contributed by atoms with E-state index in [0.717, 1.165) is 10.8 Å². The van der Waals surface area contributed by atoms with E-state index < -0.39 is 0 Å². The summed E-state index contributed by atoms with van der Waals surface area (Å²) in [6, 6.07) is 25.5. The molecule has 1 aromatic heterocycles. The Kier molecular flexibility index (Phi) is 2.82. The van der Waals surface area contributed by atoms with Gasteiger partial charge in [0.15, 0.2) is 0 Å². The molecule has 0 radical (unpaired) electrons. The van der Waals surface area contributed by atoms with Crippen molar-refractivity contribution in [1.29, 1.82) is 0 Å². The van der Waals surface area contributed by atoms with Gasteiger partial charge in [0.25, 0.3) is 0 Å². The number of benzene rings is 2. The monoisotopic (exact) mass is 270 g/mol. The van der Waals surface area contributed by atoms with Gasteiger partial charge in [-0.2, -0.15) is 0 Å². The minimum atomic E-state index is 1.10. The number of rotatable bonds is 0. The van der Waals surface area contributed by atoms with Crippen LogP contribution in [0.2, 0.25) is 0 Å². The predicted molar refractivity (Wildman–Crippen MR) is 88.9 cm³/mol. The molecule has 1 heterocycles. The first-order valence-corrected chi connectivity index (χ1v) is 7.02. The van der Waals surface area contributed by atoms with Crippen LogP contribution in [-0.4, -0.2) is 0 Å². The second-order valence-corrected chi connectivity index (χ2v) is 5.12. The minimum absolute atomic E-state index is 1.10. The van der Waals surface area contributed by atoms with E-state index in [2.05, 4.69) is 72.8 Å². The summed E-state index contributed by atoms with van der Waals surface area (Å²) in [6.45, 7) is 0. The molecule has 0 fully saturated rings. The van der Waals surface area contributed by atoms with Gasteiger partial charge in [-0.25, -0.2) is 0 Å². The summed E-state index contributed by atoms with van der Waals surface area (Å²) in [7, 11) is 0. The number of hydrogen-bond donors (Lipinski definition) is 0. The summed E-state index contributed by atoms with van der Waals surface area (Å²) in [5.41, 5.74) is 0. The number of fused-ring (bicyclic) bond motifs is 4. The molecule has 4 rings (SSSR count).